The first kappa shape index (κ1) is 14.5. The lowest BCUT2D eigenvalue weighted by molar-refractivity contribution is 0.301. The molecule has 1 aromatic heterocycles. The molecule has 2 N–H and O–H groups in total. The number of hydrogen-bond donors (Lipinski definition) is 1. The summed E-state index contributed by atoms with van der Waals surface area (Å²) < 4.78 is 6.76. The number of aromatic nitrogens is 1. The van der Waals surface area contributed by atoms with Crippen LogP contribution in [0.25, 0.3) is 0 Å². The fourth-order valence-corrected chi connectivity index (χ4v) is 2.84. The van der Waals surface area contributed by atoms with Crippen LogP contribution in [0.4, 0.5) is 0 Å². The van der Waals surface area contributed by atoms with Crippen molar-refractivity contribution in [3.05, 3.63) is 44.3 Å². The molecule has 0 fully saturated rings. The molecule has 5 heteroatoms. The van der Waals surface area contributed by atoms with Gasteiger partial charge in [0, 0.05) is 22.3 Å². The van der Waals surface area contributed by atoms with Crippen LogP contribution in [-0.4, -0.2) is 4.98 Å². The normalized spacial score (nSPS) is 11.0. The SMILES string of the molecule is CC(C)c1nc(COc2ccc(Br)c(CN)c2)cs1. The first-order valence-electron chi connectivity index (χ1n) is 6.15. The molecule has 0 saturated carbocycles. The summed E-state index contributed by atoms with van der Waals surface area (Å²) in [5.74, 6) is 1.29. The fourth-order valence-electron chi connectivity index (χ4n) is 1.61. The molecule has 0 radical (unpaired) electrons. The first-order valence-corrected chi connectivity index (χ1v) is 7.83. The van der Waals surface area contributed by atoms with E-state index < -0.39 is 0 Å². The van der Waals surface area contributed by atoms with Gasteiger partial charge in [0.05, 0.1) is 10.7 Å². The summed E-state index contributed by atoms with van der Waals surface area (Å²) in [6.45, 7) is 5.28. The smallest absolute Gasteiger partial charge is 0.131 e. The van der Waals surface area contributed by atoms with E-state index in [0.717, 1.165) is 26.5 Å². The maximum atomic E-state index is 5.75. The van der Waals surface area contributed by atoms with Crippen molar-refractivity contribution in [1.29, 1.82) is 0 Å². The molecule has 0 aliphatic rings. The Balaban J connectivity index is 2.01. The molecular weight excluding hydrogens is 324 g/mol. The van der Waals surface area contributed by atoms with E-state index in [1.54, 1.807) is 11.3 Å². The molecule has 1 heterocycles. The monoisotopic (exact) mass is 340 g/mol. The van der Waals surface area contributed by atoms with E-state index in [0.29, 0.717) is 19.1 Å². The van der Waals surface area contributed by atoms with Crippen LogP contribution in [0.15, 0.2) is 28.1 Å². The topological polar surface area (TPSA) is 48.1 Å². The molecule has 19 heavy (non-hydrogen) atoms. The lowest BCUT2D eigenvalue weighted by atomic mass is 10.2. The van der Waals surface area contributed by atoms with Gasteiger partial charge in [0.25, 0.3) is 0 Å². The van der Waals surface area contributed by atoms with Gasteiger partial charge in [-0.3, -0.25) is 0 Å². The maximum absolute atomic E-state index is 5.75. The summed E-state index contributed by atoms with van der Waals surface area (Å²) in [6.07, 6.45) is 0. The molecular formula is C14H17BrN2OS. The quantitative estimate of drug-likeness (QED) is 0.892. The van der Waals surface area contributed by atoms with Crippen LogP contribution >= 0.6 is 27.3 Å². The zero-order valence-electron chi connectivity index (χ0n) is 11.0. The van der Waals surface area contributed by atoms with Gasteiger partial charge in [0.15, 0.2) is 0 Å². The van der Waals surface area contributed by atoms with E-state index in [9.17, 15) is 0 Å². The predicted octanol–water partition coefficient (Wildman–Crippen LogP) is 4.07. The highest BCUT2D eigenvalue weighted by Crippen LogP contribution is 2.24. The third-order valence-electron chi connectivity index (χ3n) is 2.69. The summed E-state index contributed by atoms with van der Waals surface area (Å²) in [5.41, 5.74) is 7.69. The average molecular weight is 341 g/mol. The van der Waals surface area contributed by atoms with E-state index in [4.69, 9.17) is 10.5 Å². The molecule has 0 aliphatic carbocycles. The minimum Gasteiger partial charge on any atom is -0.487 e. The summed E-state index contributed by atoms with van der Waals surface area (Å²) in [5, 5.41) is 3.20. The number of nitrogens with zero attached hydrogens (tertiary/aromatic N) is 1. The van der Waals surface area contributed by atoms with Crippen molar-refractivity contribution >= 4 is 27.3 Å². The Morgan fingerprint density at radius 2 is 2.21 bits per heavy atom. The van der Waals surface area contributed by atoms with Gasteiger partial charge in [-0.1, -0.05) is 29.8 Å². The maximum Gasteiger partial charge on any atom is 0.131 e. The Labute approximate surface area is 125 Å². The van der Waals surface area contributed by atoms with E-state index in [1.165, 1.54) is 0 Å². The number of benzene rings is 1. The van der Waals surface area contributed by atoms with Crippen molar-refractivity contribution in [2.24, 2.45) is 5.73 Å². The van der Waals surface area contributed by atoms with Crippen molar-refractivity contribution in [1.82, 2.24) is 4.98 Å². The molecule has 0 bridgehead atoms. The second-order valence-corrected chi connectivity index (χ2v) is 6.32. The molecule has 102 valence electrons. The predicted molar refractivity (Wildman–Crippen MR) is 82.6 cm³/mol. The van der Waals surface area contributed by atoms with Crippen molar-refractivity contribution < 1.29 is 4.74 Å². The Hall–Kier alpha value is -0.910. The van der Waals surface area contributed by atoms with Gasteiger partial charge in [0.2, 0.25) is 0 Å². The van der Waals surface area contributed by atoms with Crippen LogP contribution in [0.1, 0.15) is 36.0 Å². The fraction of sp³-hybridized carbons (Fsp3) is 0.357. The van der Waals surface area contributed by atoms with Gasteiger partial charge in [-0.05, 0) is 23.8 Å². The number of halogens is 1. The minimum atomic E-state index is 0.468. The van der Waals surface area contributed by atoms with Crippen molar-refractivity contribution in [3.63, 3.8) is 0 Å². The van der Waals surface area contributed by atoms with Crippen LogP contribution in [0.2, 0.25) is 0 Å². The molecule has 3 nitrogen and oxygen atoms in total. The third-order valence-corrected chi connectivity index (χ3v) is 4.65. The highest BCUT2D eigenvalue weighted by atomic mass is 79.9. The lowest BCUT2D eigenvalue weighted by Gasteiger charge is -2.07. The summed E-state index contributed by atoms with van der Waals surface area (Å²) in [6, 6.07) is 5.84. The summed E-state index contributed by atoms with van der Waals surface area (Å²) >= 11 is 5.14. The van der Waals surface area contributed by atoms with Gasteiger partial charge in [-0.2, -0.15) is 0 Å². The number of hydrogen-bond acceptors (Lipinski definition) is 4. The van der Waals surface area contributed by atoms with E-state index in [2.05, 4.69) is 40.1 Å². The average Bonchev–Trinajstić information content (AvgIpc) is 2.87. The van der Waals surface area contributed by atoms with Gasteiger partial charge in [-0.25, -0.2) is 4.98 Å². The second-order valence-electron chi connectivity index (χ2n) is 4.58. The van der Waals surface area contributed by atoms with Gasteiger partial charge < -0.3 is 10.5 Å². The van der Waals surface area contributed by atoms with E-state index in [-0.39, 0.29) is 0 Å². The Kier molecular flexibility index (Phi) is 4.96. The first-order chi connectivity index (χ1) is 9.10. The van der Waals surface area contributed by atoms with Crippen molar-refractivity contribution in [3.8, 4) is 5.75 Å². The number of rotatable bonds is 5. The Morgan fingerprint density at radius 1 is 1.42 bits per heavy atom. The Bertz CT molecular complexity index is 554. The number of ether oxygens (including phenoxy) is 1. The minimum absolute atomic E-state index is 0.468. The number of nitrogens with two attached hydrogens (primary N) is 1. The van der Waals surface area contributed by atoms with Crippen LogP contribution in [0, 0.1) is 0 Å². The van der Waals surface area contributed by atoms with Crippen LogP contribution in [0.3, 0.4) is 0 Å². The molecule has 0 amide bonds. The van der Waals surface area contributed by atoms with Crippen molar-refractivity contribution in [2.75, 3.05) is 0 Å². The molecule has 0 spiro atoms. The molecule has 0 saturated heterocycles. The molecule has 0 atom stereocenters. The van der Waals surface area contributed by atoms with Gasteiger partial charge in [0.1, 0.15) is 12.4 Å². The van der Waals surface area contributed by atoms with Crippen LogP contribution < -0.4 is 10.5 Å². The molecule has 2 rings (SSSR count). The van der Waals surface area contributed by atoms with Gasteiger partial charge in [-0.15, -0.1) is 11.3 Å². The molecule has 0 aliphatic heterocycles. The van der Waals surface area contributed by atoms with Crippen molar-refractivity contribution in [2.45, 2.75) is 32.9 Å². The zero-order valence-corrected chi connectivity index (χ0v) is 13.4. The molecule has 1 aromatic carbocycles. The van der Waals surface area contributed by atoms with E-state index in [1.807, 2.05) is 18.2 Å². The lowest BCUT2D eigenvalue weighted by Crippen LogP contribution is -2.00. The standard InChI is InChI=1S/C14H17BrN2OS/c1-9(2)14-17-11(8-19-14)7-18-12-3-4-13(15)10(5-12)6-16/h3-5,8-9H,6-7,16H2,1-2H3. The molecule has 0 unspecified atom stereocenters. The summed E-state index contributed by atoms with van der Waals surface area (Å²) in [7, 11) is 0. The third kappa shape index (κ3) is 3.78. The van der Waals surface area contributed by atoms with E-state index >= 15 is 0 Å². The largest absolute Gasteiger partial charge is 0.487 e. The second kappa shape index (κ2) is 6.50. The van der Waals surface area contributed by atoms with Crippen LogP contribution in [-0.2, 0) is 13.2 Å². The zero-order chi connectivity index (χ0) is 13.8. The van der Waals surface area contributed by atoms with Gasteiger partial charge >= 0.3 is 0 Å². The number of thiazole rings is 1. The highest BCUT2D eigenvalue weighted by molar-refractivity contribution is 9.10. The Morgan fingerprint density at radius 3 is 2.84 bits per heavy atom. The van der Waals surface area contributed by atoms with Crippen LogP contribution in [0.5, 0.6) is 5.75 Å². The summed E-state index contributed by atoms with van der Waals surface area (Å²) in [4.78, 5) is 4.54. The molecule has 2 aromatic rings. The highest BCUT2D eigenvalue weighted by Gasteiger charge is 2.07.